The molecule has 1 aromatic rings. The number of hydrogen-bond donors (Lipinski definition) is 2. The van der Waals surface area contributed by atoms with Gasteiger partial charge < -0.3 is 15.4 Å². The summed E-state index contributed by atoms with van der Waals surface area (Å²) in [5, 5.41) is 6.79. The Hall–Kier alpha value is -1.71. The summed E-state index contributed by atoms with van der Waals surface area (Å²) in [6, 6.07) is 6.07. The molecule has 3 aliphatic rings. The Labute approximate surface area is 144 Å². The molecular weight excluding hydrogens is 300 g/mol. The number of carbonyl (C=O) groups is 1. The fraction of sp³-hybridized carbons (Fsp3) is 0.650. The average molecular weight is 328 g/mol. The van der Waals surface area contributed by atoms with E-state index in [-0.39, 0.29) is 28.8 Å². The number of benzene rings is 1. The van der Waals surface area contributed by atoms with E-state index in [1.165, 1.54) is 19.3 Å². The molecule has 2 N–H and O–H groups in total. The quantitative estimate of drug-likeness (QED) is 0.894. The Balaban J connectivity index is 1.48. The van der Waals surface area contributed by atoms with E-state index in [2.05, 4.69) is 31.4 Å². The van der Waals surface area contributed by atoms with E-state index < -0.39 is 0 Å². The molecule has 1 aliphatic heterocycles. The summed E-state index contributed by atoms with van der Waals surface area (Å²) in [6.45, 7) is 7.01. The average Bonchev–Trinajstić information content (AvgIpc) is 3.19. The third kappa shape index (κ3) is 2.22. The highest BCUT2D eigenvalue weighted by atomic mass is 16.5. The highest BCUT2D eigenvalue weighted by Gasteiger charge is 2.59. The minimum absolute atomic E-state index is 0.136. The van der Waals surface area contributed by atoms with Gasteiger partial charge in [-0.05, 0) is 59.8 Å². The molecule has 130 valence electrons. The number of hydrogen-bond acceptors (Lipinski definition) is 3. The second-order valence-corrected chi connectivity index (χ2v) is 8.78. The van der Waals surface area contributed by atoms with Crippen molar-refractivity contribution in [2.45, 2.75) is 58.5 Å². The number of fused-ring (bicyclic) bond motifs is 3. The van der Waals surface area contributed by atoms with Gasteiger partial charge in [-0.1, -0.05) is 20.8 Å². The van der Waals surface area contributed by atoms with Gasteiger partial charge >= 0.3 is 0 Å². The molecule has 2 bridgehead atoms. The number of anilines is 1. The van der Waals surface area contributed by atoms with Crippen molar-refractivity contribution in [3.63, 3.8) is 0 Å². The zero-order valence-corrected chi connectivity index (χ0v) is 15.1. The topological polar surface area (TPSA) is 50.4 Å². The van der Waals surface area contributed by atoms with Gasteiger partial charge in [0.05, 0.1) is 7.11 Å². The van der Waals surface area contributed by atoms with E-state index in [1.807, 2.05) is 18.2 Å². The lowest BCUT2D eigenvalue weighted by Crippen LogP contribution is -2.55. The highest BCUT2D eigenvalue weighted by Crippen LogP contribution is 2.62. The Morgan fingerprint density at radius 3 is 2.79 bits per heavy atom. The molecule has 4 heteroatoms. The molecule has 0 spiro atoms. The summed E-state index contributed by atoms with van der Waals surface area (Å²) in [7, 11) is 1.67. The lowest BCUT2D eigenvalue weighted by molar-refractivity contribution is -0.124. The molecule has 0 radical (unpaired) electrons. The van der Waals surface area contributed by atoms with Gasteiger partial charge in [-0.25, -0.2) is 0 Å². The van der Waals surface area contributed by atoms with Crippen LogP contribution in [0.2, 0.25) is 0 Å². The van der Waals surface area contributed by atoms with E-state index >= 15 is 0 Å². The maximum Gasteiger partial charge on any atom is 0.243 e. The molecule has 4 nitrogen and oxygen atoms in total. The van der Waals surface area contributed by atoms with Gasteiger partial charge in [-0.2, -0.15) is 0 Å². The van der Waals surface area contributed by atoms with Gasteiger partial charge in [0, 0.05) is 18.2 Å². The summed E-state index contributed by atoms with van der Waals surface area (Å²) >= 11 is 0. The van der Waals surface area contributed by atoms with Gasteiger partial charge in [0.1, 0.15) is 11.8 Å². The molecule has 2 fully saturated rings. The second-order valence-electron chi connectivity index (χ2n) is 8.78. The lowest BCUT2D eigenvalue weighted by Gasteiger charge is -2.43. The van der Waals surface area contributed by atoms with Crippen LogP contribution in [0.4, 0.5) is 5.69 Å². The summed E-state index contributed by atoms with van der Waals surface area (Å²) in [6.07, 6.45) is 4.52. The standard InChI is InChI=1S/C20H28N2O2/c1-19(2)13-7-8-20(3,11-13)18(19)22-17(23)16-10-12-9-14(24-4)5-6-15(12)21-16/h5-6,9,13,16,18,21H,7-8,10-11H2,1-4H3,(H,22,23)/t13?,16?,18?,20-/m1/s1. The molecule has 4 rings (SSSR count). The van der Waals surface area contributed by atoms with E-state index in [1.54, 1.807) is 7.11 Å². The molecule has 24 heavy (non-hydrogen) atoms. The third-order valence-electron chi connectivity index (χ3n) is 6.94. The molecule has 2 aliphatic carbocycles. The molecule has 0 saturated heterocycles. The minimum Gasteiger partial charge on any atom is -0.497 e. The lowest BCUT2D eigenvalue weighted by atomic mass is 9.68. The second kappa shape index (κ2) is 5.14. The van der Waals surface area contributed by atoms with Crippen molar-refractivity contribution in [1.29, 1.82) is 0 Å². The Morgan fingerprint density at radius 2 is 2.12 bits per heavy atom. The van der Waals surface area contributed by atoms with Crippen LogP contribution < -0.4 is 15.4 Å². The van der Waals surface area contributed by atoms with Crippen molar-refractivity contribution in [1.82, 2.24) is 5.32 Å². The van der Waals surface area contributed by atoms with Gasteiger partial charge in [-0.3, -0.25) is 4.79 Å². The van der Waals surface area contributed by atoms with Crippen molar-refractivity contribution < 1.29 is 9.53 Å². The number of methoxy groups -OCH3 is 1. The van der Waals surface area contributed by atoms with E-state index in [0.717, 1.165) is 29.3 Å². The minimum atomic E-state index is -0.175. The first kappa shape index (κ1) is 15.8. The molecule has 1 amide bonds. The van der Waals surface area contributed by atoms with Crippen molar-refractivity contribution in [3.05, 3.63) is 23.8 Å². The number of carbonyl (C=O) groups excluding carboxylic acids is 1. The number of amides is 1. The maximum absolute atomic E-state index is 12.9. The molecule has 1 aromatic carbocycles. The fourth-order valence-corrected chi connectivity index (χ4v) is 5.53. The molecule has 1 heterocycles. The van der Waals surface area contributed by atoms with Crippen LogP contribution in [0.1, 0.15) is 45.6 Å². The van der Waals surface area contributed by atoms with Crippen LogP contribution in [0, 0.1) is 16.7 Å². The van der Waals surface area contributed by atoms with E-state index in [4.69, 9.17) is 4.74 Å². The van der Waals surface area contributed by atoms with Crippen LogP contribution in [0.3, 0.4) is 0 Å². The zero-order valence-electron chi connectivity index (χ0n) is 15.1. The molecule has 4 atom stereocenters. The van der Waals surface area contributed by atoms with Crippen LogP contribution in [0.15, 0.2) is 18.2 Å². The Morgan fingerprint density at radius 1 is 1.33 bits per heavy atom. The Kier molecular flexibility index (Phi) is 3.38. The van der Waals surface area contributed by atoms with E-state index in [9.17, 15) is 4.79 Å². The van der Waals surface area contributed by atoms with Crippen LogP contribution in [0.5, 0.6) is 5.75 Å². The first-order valence-corrected chi connectivity index (χ1v) is 9.07. The van der Waals surface area contributed by atoms with Gasteiger partial charge in [0.15, 0.2) is 0 Å². The van der Waals surface area contributed by atoms with Crippen LogP contribution in [-0.4, -0.2) is 25.1 Å². The van der Waals surface area contributed by atoms with Crippen molar-refractivity contribution in [3.8, 4) is 5.75 Å². The van der Waals surface area contributed by atoms with Gasteiger partial charge in [0.2, 0.25) is 5.91 Å². The molecule has 2 saturated carbocycles. The van der Waals surface area contributed by atoms with Crippen LogP contribution in [0.25, 0.3) is 0 Å². The SMILES string of the molecule is COc1ccc2c(c1)CC(C(=O)NC1C(C)(C)C3CC[C@]1(C)C3)N2. The van der Waals surface area contributed by atoms with Gasteiger partial charge in [-0.15, -0.1) is 0 Å². The number of rotatable bonds is 3. The van der Waals surface area contributed by atoms with Crippen molar-refractivity contribution >= 4 is 11.6 Å². The zero-order chi connectivity index (χ0) is 17.1. The fourth-order valence-electron chi connectivity index (χ4n) is 5.53. The Bertz CT molecular complexity index is 679. The van der Waals surface area contributed by atoms with E-state index in [0.29, 0.717) is 0 Å². The predicted octanol–water partition coefficient (Wildman–Crippen LogP) is 3.36. The summed E-state index contributed by atoms with van der Waals surface area (Å²) < 4.78 is 5.29. The first-order valence-electron chi connectivity index (χ1n) is 9.07. The monoisotopic (exact) mass is 328 g/mol. The highest BCUT2D eigenvalue weighted by molar-refractivity contribution is 5.88. The van der Waals surface area contributed by atoms with Gasteiger partial charge in [0.25, 0.3) is 0 Å². The third-order valence-corrected chi connectivity index (χ3v) is 6.94. The molecular formula is C20H28N2O2. The molecule has 0 aromatic heterocycles. The normalized spacial score (nSPS) is 35.4. The molecule has 3 unspecified atom stereocenters. The van der Waals surface area contributed by atoms with Crippen LogP contribution >= 0.6 is 0 Å². The number of nitrogens with one attached hydrogen (secondary N) is 2. The summed E-state index contributed by atoms with van der Waals surface area (Å²) in [5.41, 5.74) is 2.66. The summed E-state index contributed by atoms with van der Waals surface area (Å²) in [4.78, 5) is 12.9. The van der Waals surface area contributed by atoms with Crippen molar-refractivity contribution in [2.75, 3.05) is 12.4 Å². The number of ether oxygens (including phenoxy) is 1. The van der Waals surface area contributed by atoms with Crippen molar-refractivity contribution in [2.24, 2.45) is 16.7 Å². The summed E-state index contributed by atoms with van der Waals surface area (Å²) in [5.74, 6) is 1.72. The van der Waals surface area contributed by atoms with Crippen LogP contribution in [-0.2, 0) is 11.2 Å². The maximum atomic E-state index is 12.9. The predicted molar refractivity (Wildman–Crippen MR) is 95.3 cm³/mol. The largest absolute Gasteiger partial charge is 0.497 e. The first-order chi connectivity index (χ1) is 11.3. The smallest absolute Gasteiger partial charge is 0.243 e.